The quantitative estimate of drug-likeness (QED) is 0.509. The summed E-state index contributed by atoms with van der Waals surface area (Å²) in [7, 11) is 0. The molecular weight excluding hydrogens is 478 g/mol. The predicted octanol–water partition coefficient (Wildman–Crippen LogP) is 4.13. The van der Waals surface area contributed by atoms with Gasteiger partial charge in [0.15, 0.2) is 0 Å². The van der Waals surface area contributed by atoms with Crippen molar-refractivity contribution in [1.29, 1.82) is 0 Å². The summed E-state index contributed by atoms with van der Waals surface area (Å²) in [6.45, 7) is 4.82. The Hall–Kier alpha value is -3.10. The van der Waals surface area contributed by atoms with Crippen LogP contribution in [0.4, 0.5) is 11.5 Å². The standard InChI is InChI=1S/C30H37N5O3/c36-29-21-37-30(22-35(29)28-20-31-27-6-1-2-15-34(27)28)13-18-33(19-14-30)24-7-9-25(10-8-24)38-26-11-16-32(17-12-26)23-4-3-5-23/h1-2,6-10,15,20,23,26H,3-5,11-14,16-19,21-22H2. The largest absolute Gasteiger partial charge is 0.490 e. The molecule has 0 N–H and O–H groups in total. The summed E-state index contributed by atoms with van der Waals surface area (Å²) in [5.74, 6) is 1.79. The van der Waals surface area contributed by atoms with Gasteiger partial charge in [-0.25, -0.2) is 4.98 Å². The molecule has 1 aliphatic carbocycles. The Morgan fingerprint density at radius 1 is 0.947 bits per heavy atom. The van der Waals surface area contributed by atoms with Gasteiger partial charge in [0.1, 0.15) is 29.9 Å². The number of nitrogens with zero attached hydrogens (tertiary/aromatic N) is 5. The normalized spacial score (nSPS) is 23.2. The Kier molecular flexibility index (Phi) is 6.24. The lowest BCUT2D eigenvalue weighted by atomic mass is 9.89. The van der Waals surface area contributed by atoms with Gasteiger partial charge in [0.25, 0.3) is 5.91 Å². The molecule has 3 saturated heterocycles. The minimum atomic E-state index is -0.319. The van der Waals surface area contributed by atoms with Crippen molar-refractivity contribution < 1.29 is 14.3 Å². The molecule has 1 aromatic carbocycles. The predicted molar refractivity (Wildman–Crippen MR) is 147 cm³/mol. The Labute approximate surface area is 224 Å². The first-order valence-electron chi connectivity index (χ1n) is 14.3. The Morgan fingerprint density at radius 2 is 1.74 bits per heavy atom. The number of hydrogen-bond acceptors (Lipinski definition) is 6. The molecule has 8 nitrogen and oxygen atoms in total. The van der Waals surface area contributed by atoms with E-state index in [2.05, 4.69) is 39.0 Å². The molecule has 1 saturated carbocycles. The zero-order valence-corrected chi connectivity index (χ0v) is 22.0. The highest BCUT2D eigenvalue weighted by Gasteiger charge is 2.43. The van der Waals surface area contributed by atoms with E-state index in [0.29, 0.717) is 12.6 Å². The van der Waals surface area contributed by atoms with E-state index in [1.807, 2.05) is 33.7 Å². The first kappa shape index (κ1) is 24.0. The Balaban J connectivity index is 0.951. The SMILES string of the molecule is O=C1COC2(CCN(c3ccc(OC4CCN(C5CCC5)CC4)cc3)CC2)CN1c1cnc2ccccn12. The van der Waals surface area contributed by atoms with E-state index >= 15 is 0 Å². The highest BCUT2D eigenvalue weighted by molar-refractivity contribution is 5.94. The lowest BCUT2D eigenvalue weighted by Gasteiger charge is -2.47. The van der Waals surface area contributed by atoms with E-state index in [9.17, 15) is 4.79 Å². The molecule has 8 heteroatoms. The van der Waals surface area contributed by atoms with Crippen LogP contribution in [-0.2, 0) is 9.53 Å². The summed E-state index contributed by atoms with van der Waals surface area (Å²) in [6.07, 6.45) is 12.3. The van der Waals surface area contributed by atoms with Crippen LogP contribution >= 0.6 is 0 Å². The topological polar surface area (TPSA) is 62.5 Å². The van der Waals surface area contributed by atoms with Crippen molar-refractivity contribution in [3.8, 4) is 5.75 Å². The van der Waals surface area contributed by atoms with E-state index in [1.165, 1.54) is 38.0 Å². The maximum atomic E-state index is 12.8. The van der Waals surface area contributed by atoms with Gasteiger partial charge in [0, 0.05) is 44.1 Å². The Morgan fingerprint density at radius 3 is 2.47 bits per heavy atom. The van der Waals surface area contributed by atoms with Crippen LogP contribution in [0.2, 0.25) is 0 Å². The van der Waals surface area contributed by atoms with Gasteiger partial charge in [-0.1, -0.05) is 12.5 Å². The molecule has 1 amide bonds. The number of likely N-dealkylation sites (tertiary alicyclic amines) is 1. The van der Waals surface area contributed by atoms with E-state index in [4.69, 9.17) is 9.47 Å². The summed E-state index contributed by atoms with van der Waals surface area (Å²) in [6, 6.07) is 15.3. The van der Waals surface area contributed by atoms with Gasteiger partial charge in [-0.3, -0.25) is 14.1 Å². The van der Waals surface area contributed by atoms with Crippen LogP contribution in [-0.4, -0.2) is 77.3 Å². The fraction of sp³-hybridized carbons (Fsp3) is 0.533. The molecule has 0 unspecified atom stereocenters. The van der Waals surface area contributed by atoms with E-state index in [0.717, 1.165) is 62.0 Å². The lowest BCUT2D eigenvalue weighted by Crippen LogP contribution is -2.59. The number of piperidine rings is 2. The van der Waals surface area contributed by atoms with Crippen molar-refractivity contribution in [3.05, 3.63) is 54.9 Å². The summed E-state index contributed by atoms with van der Waals surface area (Å²) >= 11 is 0. The molecule has 1 spiro atoms. The van der Waals surface area contributed by atoms with Crippen molar-refractivity contribution in [1.82, 2.24) is 14.3 Å². The number of imidazole rings is 1. The van der Waals surface area contributed by atoms with Crippen LogP contribution in [0.3, 0.4) is 0 Å². The van der Waals surface area contributed by atoms with Crippen molar-refractivity contribution in [2.75, 3.05) is 49.1 Å². The molecule has 4 aliphatic rings. The van der Waals surface area contributed by atoms with Crippen LogP contribution in [0.15, 0.2) is 54.9 Å². The molecule has 4 fully saturated rings. The Bertz CT molecular complexity index is 1270. The van der Waals surface area contributed by atoms with Crippen LogP contribution in [0, 0.1) is 0 Å². The highest BCUT2D eigenvalue weighted by Crippen LogP contribution is 2.35. The maximum absolute atomic E-state index is 12.8. The molecule has 3 aliphatic heterocycles. The van der Waals surface area contributed by atoms with Crippen LogP contribution in [0.5, 0.6) is 5.75 Å². The van der Waals surface area contributed by atoms with Gasteiger partial charge >= 0.3 is 0 Å². The third-order valence-corrected chi connectivity index (χ3v) is 9.17. The van der Waals surface area contributed by atoms with E-state index in [1.54, 1.807) is 6.20 Å². The number of amides is 1. The number of fused-ring (bicyclic) bond motifs is 1. The molecule has 7 rings (SSSR count). The molecule has 2 aromatic heterocycles. The first-order valence-corrected chi connectivity index (χ1v) is 14.3. The fourth-order valence-electron chi connectivity index (χ4n) is 6.56. The van der Waals surface area contributed by atoms with Crippen molar-refractivity contribution in [2.24, 2.45) is 0 Å². The van der Waals surface area contributed by atoms with Gasteiger partial charge in [-0.15, -0.1) is 0 Å². The van der Waals surface area contributed by atoms with Crippen molar-refractivity contribution in [3.63, 3.8) is 0 Å². The number of ether oxygens (including phenoxy) is 2. The first-order chi connectivity index (χ1) is 18.7. The molecular formula is C30H37N5O3. The number of morpholine rings is 1. The van der Waals surface area contributed by atoms with Crippen molar-refractivity contribution >= 4 is 23.1 Å². The molecule has 200 valence electrons. The van der Waals surface area contributed by atoms with Crippen LogP contribution in [0.1, 0.15) is 44.9 Å². The van der Waals surface area contributed by atoms with Crippen LogP contribution in [0.25, 0.3) is 5.65 Å². The minimum Gasteiger partial charge on any atom is -0.490 e. The molecule has 38 heavy (non-hydrogen) atoms. The molecule has 0 atom stereocenters. The number of carbonyl (C=O) groups excluding carboxylic acids is 1. The molecule has 0 bridgehead atoms. The monoisotopic (exact) mass is 515 g/mol. The zero-order valence-electron chi connectivity index (χ0n) is 22.0. The molecule has 5 heterocycles. The number of pyridine rings is 1. The highest BCUT2D eigenvalue weighted by atomic mass is 16.5. The van der Waals surface area contributed by atoms with Gasteiger partial charge in [-0.05, 0) is 74.9 Å². The average Bonchev–Trinajstić information content (AvgIpc) is 3.35. The summed E-state index contributed by atoms with van der Waals surface area (Å²) in [4.78, 5) is 24.3. The number of rotatable bonds is 5. The second-order valence-electron chi connectivity index (χ2n) is 11.4. The minimum absolute atomic E-state index is 0.00647. The summed E-state index contributed by atoms with van der Waals surface area (Å²) in [5, 5.41) is 0. The zero-order chi connectivity index (χ0) is 25.5. The third-order valence-electron chi connectivity index (χ3n) is 9.17. The summed E-state index contributed by atoms with van der Waals surface area (Å²) < 4.78 is 14.5. The second kappa shape index (κ2) is 9.89. The van der Waals surface area contributed by atoms with Gasteiger partial charge in [-0.2, -0.15) is 0 Å². The van der Waals surface area contributed by atoms with Crippen LogP contribution < -0.4 is 14.5 Å². The second-order valence-corrected chi connectivity index (χ2v) is 11.4. The third kappa shape index (κ3) is 4.54. The van der Waals surface area contributed by atoms with Gasteiger partial charge in [0.2, 0.25) is 0 Å². The fourth-order valence-corrected chi connectivity index (χ4v) is 6.56. The number of carbonyl (C=O) groups is 1. The van der Waals surface area contributed by atoms with Gasteiger partial charge < -0.3 is 19.3 Å². The lowest BCUT2D eigenvalue weighted by molar-refractivity contribution is -0.141. The number of benzene rings is 1. The molecule has 3 aromatic rings. The number of aromatic nitrogens is 2. The van der Waals surface area contributed by atoms with E-state index < -0.39 is 0 Å². The smallest absolute Gasteiger partial charge is 0.254 e. The van der Waals surface area contributed by atoms with E-state index in [-0.39, 0.29) is 18.1 Å². The average molecular weight is 516 g/mol. The van der Waals surface area contributed by atoms with Gasteiger partial charge in [0.05, 0.1) is 18.3 Å². The van der Waals surface area contributed by atoms with Crippen molar-refractivity contribution in [2.45, 2.75) is 62.7 Å². The molecule has 0 radical (unpaired) electrons. The number of anilines is 2. The number of hydrogen-bond donors (Lipinski definition) is 0. The summed E-state index contributed by atoms with van der Waals surface area (Å²) in [5.41, 5.74) is 1.75. The maximum Gasteiger partial charge on any atom is 0.254 e.